The van der Waals surface area contributed by atoms with Crippen LogP contribution in [0.2, 0.25) is 0 Å². The molecule has 0 fully saturated rings. The molecule has 98 valence electrons. The van der Waals surface area contributed by atoms with Gasteiger partial charge < -0.3 is 0 Å². The Morgan fingerprint density at radius 2 is 1.85 bits per heavy atom. The first kappa shape index (κ1) is 12.2. The van der Waals surface area contributed by atoms with Crippen molar-refractivity contribution in [1.82, 2.24) is 0 Å². The van der Waals surface area contributed by atoms with Crippen LogP contribution in [-0.2, 0) is 0 Å². The number of allylic oxidation sites excluding steroid dienone is 4. The molecule has 0 saturated carbocycles. The Balaban J connectivity index is 2.14. The zero-order valence-electron chi connectivity index (χ0n) is 11.5. The highest BCUT2D eigenvalue weighted by Crippen LogP contribution is 2.35. The van der Waals surface area contributed by atoms with Crippen molar-refractivity contribution in [2.45, 2.75) is 20.3 Å². The molecule has 0 bridgehead atoms. The summed E-state index contributed by atoms with van der Waals surface area (Å²) < 4.78 is 4.27. The van der Waals surface area contributed by atoms with Crippen molar-refractivity contribution in [3.63, 3.8) is 0 Å². The van der Waals surface area contributed by atoms with Crippen LogP contribution < -0.4 is 9.75 Å². The molecule has 2 aliphatic carbocycles. The van der Waals surface area contributed by atoms with Crippen molar-refractivity contribution < 1.29 is 0 Å². The predicted octanol–water partition coefficient (Wildman–Crippen LogP) is 4.46. The first-order chi connectivity index (χ1) is 9.72. The van der Waals surface area contributed by atoms with Crippen molar-refractivity contribution in [3.8, 4) is 0 Å². The van der Waals surface area contributed by atoms with Crippen molar-refractivity contribution in [3.05, 3.63) is 49.2 Å². The van der Waals surface area contributed by atoms with Gasteiger partial charge in [-0.05, 0) is 50.1 Å². The van der Waals surface area contributed by atoms with Crippen molar-refractivity contribution in [2.24, 2.45) is 0 Å². The molecule has 0 amide bonds. The summed E-state index contributed by atoms with van der Waals surface area (Å²) in [5, 5.41) is 1.43. The van der Waals surface area contributed by atoms with Crippen LogP contribution in [-0.4, -0.2) is 0 Å². The second-order valence-corrected chi connectivity index (χ2v) is 7.40. The van der Waals surface area contributed by atoms with E-state index in [-0.39, 0.29) is 0 Å². The first-order valence-corrected chi connectivity index (χ1v) is 8.40. The SMILES string of the molecule is CC1=CCC=c2c(sc3c4c(sc23)C=C(C)C=C=C4)=C1. The zero-order chi connectivity index (χ0) is 13.7. The predicted molar refractivity (Wildman–Crippen MR) is 92.5 cm³/mol. The third kappa shape index (κ3) is 1.81. The van der Waals surface area contributed by atoms with Crippen LogP contribution >= 0.6 is 22.7 Å². The highest BCUT2D eigenvalue weighted by atomic mass is 32.1. The van der Waals surface area contributed by atoms with Gasteiger partial charge in [-0.15, -0.1) is 28.4 Å². The summed E-state index contributed by atoms with van der Waals surface area (Å²) in [7, 11) is 0. The summed E-state index contributed by atoms with van der Waals surface area (Å²) in [6.07, 6.45) is 14.5. The van der Waals surface area contributed by atoms with E-state index < -0.39 is 0 Å². The average molecular weight is 294 g/mol. The van der Waals surface area contributed by atoms with Gasteiger partial charge in [0.15, 0.2) is 0 Å². The first-order valence-electron chi connectivity index (χ1n) is 6.77. The minimum atomic E-state index is 1.04. The van der Waals surface area contributed by atoms with Crippen molar-refractivity contribution in [1.29, 1.82) is 0 Å². The molecule has 2 aliphatic rings. The minimum absolute atomic E-state index is 1.04. The Bertz CT molecular complexity index is 965. The Kier molecular flexibility index (Phi) is 2.71. The number of fused-ring (bicyclic) bond motifs is 5. The molecule has 20 heavy (non-hydrogen) atoms. The molecular formula is C18H14S2. The summed E-state index contributed by atoms with van der Waals surface area (Å²) >= 11 is 3.83. The van der Waals surface area contributed by atoms with Gasteiger partial charge in [0.2, 0.25) is 0 Å². The molecule has 2 aromatic rings. The molecular weight excluding hydrogens is 280 g/mol. The van der Waals surface area contributed by atoms with Gasteiger partial charge in [-0.3, -0.25) is 0 Å². The van der Waals surface area contributed by atoms with E-state index >= 15 is 0 Å². The van der Waals surface area contributed by atoms with E-state index in [2.05, 4.69) is 56.0 Å². The molecule has 0 aromatic carbocycles. The van der Waals surface area contributed by atoms with E-state index in [0.29, 0.717) is 0 Å². The number of hydrogen-bond donors (Lipinski definition) is 0. The topological polar surface area (TPSA) is 0 Å². The van der Waals surface area contributed by atoms with Gasteiger partial charge in [0.05, 0.1) is 9.40 Å². The molecule has 4 rings (SSSR count). The molecule has 0 radical (unpaired) electrons. The average Bonchev–Trinajstić information content (AvgIpc) is 2.73. The highest BCUT2D eigenvalue weighted by Gasteiger charge is 2.14. The number of rotatable bonds is 0. The lowest BCUT2D eigenvalue weighted by atomic mass is 10.2. The summed E-state index contributed by atoms with van der Waals surface area (Å²) in [5.41, 5.74) is 7.28. The maximum absolute atomic E-state index is 3.30. The second-order valence-electron chi connectivity index (χ2n) is 5.29. The van der Waals surface area contributed by atoms with Crippen LogP contribution in [0.1, 0.15) is 30.7 Å². The van der Waals surface area contributed by atoms with E-state index in [4.69, 9.17) is 0 Å². The highest BCUT2D eigenvalue weighted by molar-refractivity contribution is 7.27. The van der Waals surface area contributed by atoms with Gasteiger partial charge in [-0.25, -0.2) is 0 Å². The lowest BCUT2D eigenvalue weighted by Gasteiger charge is -1.90. The van der Waals surface area contributed by atoms with Crippen molar-refractivity contribution >= 4 is 56.4 Å². The molecule has 0 atom stereocenters. The fourth-order valence-electron chi connectivity index (χ4n) is 2.68. The number of thiophene rings is 2. The van der Waals surface area contributed by atoms with Gasteiger partial charge >= 0.3 is 0 Å². The summed E-state index contributed by atoms with van der Waals surface area (Å²) in [4.78, 5) is 1.37. The molecule has 0 spiro atoms. The monoisotopic (exact) mass is 294 g/mol. The fraction of sp³-hybridized carbons (Fsp3) is 0.167. The maximum atomic E-state index is 3.30. The molecule has 2 heteroatoms. The summed E-state index contributed by atoms with van der Waals surface area (Å²) in [6, 6.07) is 0. The van der Waals surface area contributed by atoms with Crippen LogP contribution in [0.5, 0.6) is 0 Å². The van der Waals surface area contributed by atoms with Gasteiger partial charge in [-0.2, -0.15) is 0 Å². The van der Waals surface area contributed by atoms with E-state index in [1.165, 1.54) is 40.7 Å². The summed E-state index contributed by atoms with van der Waals surface area (Å²) in [6.45, 7) is 4.32. The van der Waals surface area contributed by atoms with E-state index in [9.17, 15) is 0 Å². The normalized spacial score (nSPS) is 16.5. The quantitative estimate of drug-likeness (QED) is 0.629. The van der Waals surface area contributed by atoms with Crippen molar-refractivity contribution in [2.75, 3.05) is 0 Å². The molecule has 0 saturated heterocycles. The van der Waals surface area contributed by atoms with E-state index in [1.54, 1.807) is 0 Å². The molecule has 0 N–H and O–H groups in total. The van der Waals surface area contributed by atoms with Gasteiger partial charge in [0.1, 0.15) is 0 Å². The Morgan fingerprint density at radius 1 is 0.950 bits per heavy atom. The largest absolute Gasteiger partial charge is 0.134 e. The fourth-order valence-corrected chi connectivity index (χ4v) is 5.54. The zero-order valence-corrected chi connectivity index (χ0v) is 13.1. The molecule has 0 aliphatic heterocycles. The molecule has 0 unspecified atom stereocenters. The third-order valence-corrected chi connectivity index (χ3v) is 6.17. The van der Waals surface area contributed by atoms with E-state index in [1.807, 2.05) is 22.7 Å². The number of hydrogen-bond acceptors (Lipinski definition) is 2. The Hall–Kier alpha value is -1.60. The van der Waals surface area contributed by atoms with Gasteiger partial charge in [-0.1, -0.05) is 17.7 Å². The smallest absolute Gasteiger partial charge is 0.0548 e. The van der Waals surface area contributed by atoms with Gasteiger partial charge in [0, 0.05) is 20.2 Å². The third-order valence-electron chi connectivity index (χ3n) is 3.67. The van der Waals surface area contributed by atoms with Crippen LogP contribution in [0.25, 0.3) is 33.7 Å². The maximum Gasteiger partial charge on any atom is 0.0548 e. The lowest BCUT2D eigenvalue weighted by molar-refractivity contribution is 1.43. The Labute approximate surface area is 126 Å². The Morgan fingerprint density at radius 3 is 2.75 bits per heavy atom. The van der Waals surface area contributed by atoms with Crippen LogP contribution in [0.15, 0.2) is 29.0 Å². The summed E-state index contributed by atoms with van der Waals surface area (Å²) in [5.74, 6) is 0. The lowest BCUT2D eigenvalue weighted by Crippen LogP contribution is -2.16. The van der Waals surface area contributed by atoms with Crippen LogP contribution in [0.4, 0.5) is 0 Å². The molecule has 2 heterocycles. The van der Waals surface area contributed by atoms with Crippen LogP contribution in [0, 0.1) is 0 Å². The van der Waals surface area contributed by atoms with Gasteiger partial charge in [0.25, 0.3) is 0 Å². The molecule has 2 aromatic heterocycles. The van der Waals surface area contributed by atoms with Crippen LogP contribution in [0.3, 0.4) is 0 Å². The minimum Gasteiger partial charge on any atom is -0.134 e. The molecule has 0 nitrogen and oxygen atoms in total. The standard InChI is InChI=1S/C18H14S2/c1-11-5-3-7-13-15(9-11)19-18-14-8-4-6-12(2)10-16(14)20-17(13)18/h5-10H,3H2,1-2H3. The second kappa shape index (κ2) is 4.46. The van der Waals surface area contributed by atoms with E-state index in [0.717, 1.165) is 6.42 Å².